The van der Waals surface area contributed by atoms with Crippen molar-refractivity contribution in [2.75, 3.05) is 32.6 Å². The van der Waals surface area contributed by atoms with Gasteiger partial charge in [-0.2, -0.15) is 0 Å². The van der Waals surface area contributed by atoms with Crippen LogP contribution in [-0.2, 0) is 11.3 Å². The van der Waals surface area contributed by atoms with Gasteiger partial charge in [0.05, 0.1) is 18.3 Å². The number of aromatic nitrogens is 2. The molecule has 0 unspecified atom stereocenters. The van der Waals surface area contributed by atoms with Crippen LogP contribution < -0.4 is 4.90 Å². The lowest BCUT2D eigenvalue weighted by molar-refractivity contribution is 0.0733. The van der Waals surface area contributed by atoms with Gasteiger partial charge >= 0.3 is 0 Å². The first-order valence-electron chi connectivity index (χ1n) is 10.7. The molecule has 1 amide bonds. The van der Waals surface area contributed by atoms with Crippen molar-refractivity contribution in [1.82, 2.24) is 14.9 Å². The molecule has 1 atom stereocenters. The zero-order chi connectivity index (χ0) is 22.7. The molecule has 0 saturated carbocycles. The Kier molecular flexibility index (Phi) is 6.46. The van der Waals surface area contributed by atoms with Crippen LogP contribution in [0, 0.1) is 5.82 Å². The molecule has 1 aliphatic heterocycles. The van der Waals surface area contributed by atoms with E-state index in [1.165, 1.54) is 12.1 Å². The van der Waals surface area contributed by atoms with Crippen molar-refractivity contribution in [3.05, 3.63) is 77.4 Å². The van der Waals surface area contributed by atoms with Gasteiger partial charge in [-0.15, -0.1) is 0 Å². The average Bonchev–Trinajstić information content (AvgIpc) is 3.29. The van der Waals surface area contributed by atoms with Crippen LogP contribution in [0.1, 0.15) is 40.5 Å². The van der Waals surface area contributed by atoms with E-state index in [0.717, 1.165) is 29.7 Å². The van der Waals surface area contributed by atoms with Crippen molar-refractivity contribution < 1.29 is 13.9 Å². The monoisotopic (exact) mass is 434 g/mol. The number of likely N-dealkylation sites (tertiary alicyclic amines) is 1. The highest BCUT2D eigenvalue weighted by atomic mass is 19.1. The molecule has 1 fully saturated rings. The molecule has 0 spiro atoms. The summed E-state index contributed by atoms with van der Waals surface area (Å²) in [7, 11) is 5.40. The summed E-state index contributed by atoms with van der Waals surface area (Å²) >= 11 is 0. The molecular weight excluding hydrogens is 407 g/mol. The minimum atomic E-state index is -0.319. The first-order valence-corrected chi connectivity index (χ1v) is 10.7. The maximum absolute atomic E-state index is 14.0. The quantitative estimate of drug-likeness (QED) is 0.573. The standard InChI is InChI=1S/C25H27FN4O2/c1-29(2)25-27-15-21(19-6-4-7-20(26)14-19)23(28-25)22-8-5-13-30(22)24(31)18-11-9-17(10-12-18)16-32-3/h4,6-7,9-12,14-15,22H,5,8,13,16H2,1-3H3/t22-/m1/s1. The van der Waals surface area contributed by atoms with Crippen molar-refractivity contribution in [3.8, 4) is 11.1 Å². The first kappa shape index (κ1) is 21.9. The van der Waals surface area contributed by atoms with Gasteiger partial charge in [-0.1, -0.05) is 24.3 Å². The Hall–Kier alpha value is -3.32. The van der Waals surface area contributed by atoms with Crippen molar-refractivity contribution in [3.63, 3.8) is 0 Å². The Balaban J connectivity index is 1.72. The van der Waals surface area contributed by atoms with Gasteiger partial charge in [0.25, 0.3) is 5.91 Å². The van der Waals surface area contributed by atoms with E-state index in [1.54, 1.807) is 19.4 Å². The van der Waals surface area contributed by atoms with Crippen LogP contribution in [0.5, 0.6) is 0 Å². The molecule has 7 heteroatoms. The van der Waals surface area contributed by atoms with Crippen LogP contribution >= 0.6 is 0 Å². The molecule has 3 aromatic rings. The Morgan fingerprint density at radius 2 is 2.00 bits per heavy atom. The molecule has 32 heavy (non-hydrogen) atoms. The maximum Gasteiger partial charge on any atom is 0.254 e. The van der Waals surface area contributed by atoms with E-state index in [9.17, 15) is 9.18 Å². The number of nitrogens with zero attached hydrogens (tertiary/aromatic N) is 4. The SMILES string of the molecule is COCc1ccc(C(=O)N2CCC[C@@H]2c2nc(N(C)C)ncc2-c2cccc(F)c2)cc1. The zero-order valence-corrected chi connectivity index (χ0v) is 18.6. The van der Waals surface area contributed by atoms with Crippen molar-refractivity contribution in [1.29, 1.82) is 0 Å². The highest BCUT2D eigenvalue weighted by Gasteiger charge is 2.34. The van der Waals surface area contributed by atoms with E-state index in [0.29, 0.717) is 30.2 Å². The van der Waals surface area contributed by atoms with E-state index in [4.69, 9.17) is 9.72 Å². The highest BCUT2D eigenvalue weighted by molar-refractivity contribution is 5.94. The second kappa shape index (κ2) is 9.44. The molecule has 166 valence electrons. The largest absolute Gasteiger partial charge is 0.380 e. The Bertz CT molecular complexity index is 1100. The van der Waals surface area contributed by atoms with Gasteiger partial charge in [-0.05, 0) is 48.2 Å². The van der Waals surface area contributed by atoms with E-state index in [2.05, 4.69) is 4.98 Å². The summed E-state index contributed by atoms with van der Waals surface area (Å²) in [5, 5.41) is 0. The molecule has 6 nitrogen and oxygen atoms in total. The molecule has 0 radical (unpaired) electrons. The number of hydrogen-bond acceptors (Lipinski definition) is 5. The molecule has 2 heterocycles. The average molecular weight is 435 g/mol. The second-order valence-corrected chi connectivity index (χ2v) is 8.16. The summed E-state index contributed by atoms with van der Waals surface area (Å²) in [6, 6.07) is 13.7. The number of amides is 1. The Morgan fingerprint density at radius 3 is 2.69 bits per heavy atom. The topological polar surface area (TPSA) is 58.6 Å². The minimum Gasteiger partial charge on any atom is -0.380 e. The number of methoxy groups -OCH3 is 1. The van der Waals surface area contributed by atoms with Crippen molar-refractivity contribution in [2.45, 2.75) is 25.5 Å². The van der Waals surface area contributed by atoms with E-state index in [1.807, 2.05) is 54.2 Å². The molecular formula is C25H27FN4O2. The first-order chi connectivity index (χ1) is 15.5. The molecule has 0 bridgehead atoms. The third-order valence-corrected chi connectivity index (χ3v) is 5.68. The molecule has 0 aliphatic carbocycles. The van der Waals surface area contributed by atoms with Crippen molar-refractivity contribution in [2.24, 2.45) is 0 Å². The number of anilines is 1. The fraction of sp³-hybridized carbons (Fsp3) is 0.320. The maximum atomic E-state index is 14.0. The number of carbonyl (C=O) groups excluding carboxylic acids is 1. The molecule has 1 saturated heterocycles. The minimum absolute atomic E-state index is 0.0355. The van der Waals surface area contributed by atoms with Crippen LogP contribution in [0.4, 0.5) is 10.3 Å². The molecule has 1 aromatic heterocycles. The number of ether oxygens (including phenoxy) is 1. The molecule has 2 aromatic carbocycles. The van der Waals surface area contributed by atoms with E-state index >= 15 is 0 Å². The lowest BCUT2D eigenvalue weighted by Crippen LogP contribution is -2.31. The summed E-state index contributed by atoms with van der Waals surface area (Å²) in [6.07, 6.45) is 3.40. The predicted octanol–water partition coefficient (Wildman–Crippen LogP) is 4.47. The Labute approximate surface area is 187 Å². The van der Waals surface area contributed by atoms with Crippen LogP contribution in [0.2, 0.25) is 0 Å². The Morgan fingerprint density at radius 1 is 1.22 bits per heavy atom. The van der Waals surface area contributed by atoms with E-state index in [-0.39, 0.29) is 17.8 Å². The van der Waals surface area contributed by atoms with Crippen LogP contribution in [0.3, 0.4) is 0 Å². The summed E-state index contributed by atoms with van der Waals surface area (Å²) in [5.74, 6) is 0.204. The van der Waals surface area contributed by atoms with Crippen LogP contribution in [0.25, 0.3) is 11.1 Å². The lowest BCUT2D eigenvalue weighted by atomic mass is 9.99. The van der Waals surface area contributed by atoms with Gasteiger partial charge < -0.3 is 14.5 Å². The van der Waals surface area contributed by atoms with Crippen LogP contribution in [0.15, 0.2) is 54.7 Å². The van der Waals surface area contributed by atoms with Gasteiger partial charge in [0.15, 0.2) is 0 Å². The molecule has 1 aliphatic rings. The van der Waals surface area contributed by atoms with Crippen LogP contribution in [-0.4, -0.2) is 48.5 Å². The second-order valence-electron chi connectivity index (χ2n) is 8.16. The summed E-state index contributed by atoms with van der Waals surface area (Å²) in [4.78, 5) is 26.4. The number of rotatable bonds is 6. The predicted molar refractivity (Wildman–Crippen MR) is 122 cm³/mol. The molecule has 0 N–H and O–H groups in total. The van der Waals surface area contributed by atoms with Crippen molar-refractivity contribution >= 4 is 11.9 Å². The van der Waals surface area contributed by atoms with Gasteiger partial charge in [0.2, 0.25) is 5.95 Å². The highest BCUT2D eigenvalue weighted by Crippen LogP contribution is 2.38. The number of halogens is 1. The van der Waals surface area contributed by atoms with Gasteiger partial charge in [-0.25, -0.2) is 14.4 Å². The zero-order valence-electron chi connectivity index (χ0n) is 18.6. The van der Waals surface area contributed by atoms with Gasteiger partial charge in [-0.3, -0.25) is 4.79 Å². The van der Waals surface area contributed by atoms with Gasteiger partial charge in [0, 0.05) is 45.1 Å². The third-order valence-electron chi connectivity index (χ3n) is 5.68. The van der Waals surface area contributed by atoms with E-state index < -0.39 is 0 Å². The number of benzene rings is 2. The molecule has 4 rings (SSSR count). The fourth-order valence-electron chi connectivity index (χ4n) is 4.10. The fourth-order valence-corrected chi connectivity index (χ4v) is 4.10. The lowest BCUT2D eigenvalue weighted by Gasteiger charge is -2.27. The number of hydrogen-bond donors (Lipinski definition) is 0. The third kappa shape index (κ3) is 4.48. The summed E-state index contributed by atoms with van der Waals surface area (Å²) in [6.45, 7) is 1.15. The number of carbonyl (C=O) groups is 1. The summed E-state index contributed by atoms with van der Waals surface area (Å²) < 4.78 is 19.1. The normalized spacial score (nSPS) is 15.8. The van der Waals surface area contributed by atoms with Gasteiger partial charge in [0.1, 0.15) is 5.82 Å². The summed E-state index contributed by atoms with van der Waals surface area (Å²) in [5.41, 5.74) is 3.84. The smallest absolute Gasteiger partial charge is 0.254 e.